The Morgan fingerprint density at radius 3 is 2.79 bits per heavy atom. The number of nitrogens with one attached hydrogen (secondary N) is 2. The third-order valence-electron chi connectivity index (χ3n) is 3.13. The van der Waals surface area contributed by atoms with Crippen molar-refractivity contribution in [3.8, 4) is 0 Å². The van der Waals surface area contributed by atoms with Crippen molar-refractivity contribution in [1.29, 1.82) is 0 Å². The standard InChI is InChI=1S/C13H19N5O/c1-5-6-10-7-11(16-15-10)14-13(19)12-8(2)17-18(4)9(12)3/h7H,5-6H2,1-4H3,(H2,14,15,16,19). The van der Waals surface area contributed by atoms with Gasteiger partial charge in [-0.25, -0.2) is 0 Å². The van der Waals surface area contributed by atoms with Crippen LogP contribution in [0.3, 0.4) is 0 Å². The first kappa shape index (κ1) is 13.3. The molecular formula is C13H19N5O. The molecule has 0 unspecified atom stereocenters. The van der Waals surface area contributed by atoms with Gasteiger partial charge < -0.3 is 5.32 Å². The van der Waals surface area contributed by atoms with Crippen LogP contribution in [0.25, 0.3) is 0 Å². The van der Waals surface area contributed by atoms with E-state index in [2.05, 4.69) is 27.5 Å². The second-order valence-electron chi connectivity index (χ2n) is 4.65. The van der Waals surface area contributed by atoms with Gasteiger partial charge in [0.15, 0.2) is 5.82 Å². The Labute approximate surface area is 112 Å². The molecular weight excluding hydrogens is 242 g/mol. The Kier molecular flexibility index (Phi) is 3.69. The summed E-state index contributed by atoms with van der Waals surface area (Å²) in [7, 11) is 1.83. The third kappa shape index (κ3) is 2.67. The van der Waals surface area contributed by atoms with Gasteiger partial charge in [-0.15, -0.1) is 0 Å². The highest BCUT2D eigenvalue weighted by atomic mass is 16.1. The highest BCUT2D eigenvalue weighted by Gasteiger charge is 2.18. The first-order chi connectivity index (χ1) is 9.02. The molecule has 0 aliphatic carbocycles. The molecule has 0 saturated heterocycles. The van der Waals surface area contributed by atoms with Gasteiger partial charge in [-0.1, -0.05) is 13.3 Å². The molecule has 6 nitrogen and oxygen atoms in total. The van der Waals surface area contributed by atoms with Gasteiger partial charge in [-0.2, -0.15) is 10.2 Å². The van der Waals surface area contributed by atoms with Gasteiger partial charge in [-0.3, -0.25) is 14.6 Å². The predicted octanol–water partition coefficient (Wildman–Crippen LogP) is 1.96. The largest absolute Gasteiger partial charge is 0.305 e. The molecule has 0 fully saturated rings. The Bertz CT molecular complexity index is 596. The van der Waals surface area contributed by atoms with E-state index in [-0.39, 0.29) is 5.91 Å². The number of hydrogen-bond donors (Lipinski definition) is 2. The molecule has 2 aromatic rings. The van der Waals surface area contributed by atoms with Gasteiger partial charge in [0.2, 0.25) is 0 Å². The van der Waals surface area contributed by atoms with E-state index in [4.69, 9.17) is 0 Å². The highest BCUT2D eigenvalue weighted by molar-refractivity contribution is 6.05. The second kappa shape index (κ2) is 5.26. The number of aromatic amines is 1. The molecule has 0 atom stereocenters. The van der Waals surface area contributed by atoms with Gasteiger partial charge in [-0.05, 0) is 20.3 Å². The maximum absolute atomic E-state index is 12.2. The summed E-state index contributed by atoms with van der Waals surface area (Å²) in [6, 6.07) is 1.86. The van der Waals surface area contributed by atoms with Crippen LogP contribution in [0.1, 0.15) is 40.8 Å². The number of aryl methyl sites for hydroxylation is 3. The fourth-order valence-electron chi connectivity index (χ4n) is 2.10. The number of anilines is 1. The number of aromatic nitrogens is 4. The van der Waals surface area contributed by atoms with E-state index in [0.717, 1.165) is 29.9 Å². The van der Waals surface area contributed by atoms with Crippen LogP contribution < -0.4 is 5.32 Å². The summed E-state index contributed by atoms with van der Waals surface area (Å²) in [6.07, 6.45) is 1.96. The second-order valence-corrected chi connectivity index (χ2v) is 4.65. The molecule has 2 rings (SSSR count). The van der Waals surface area contributed by atoms with E-state index in [0.29, 0.717) is 11.4 Å². The average Bonchev–Trinajstić information content (AvgIpc) is 2.86. The van der Waals surface area contributed by atoms with Crippen LogP contribution in [-0.2, 0) is 13.5 Å². The summed E-state index contributed by atoms with van der Waals surface area (Å²) >= 11 is 0. The molecule has 19 heavy (non-hydrogen) atoms. The molecule has 0 saturated carbocycles. The van der Waals surface area contributed by atoms with E-state index >= 15 is 0 Å². The van der Waals surface area contributed by atoms with Gasteiger partial charge in [0.25, 0.3) is 5.91 Å². The van der Waals surface area contributed by atoms with Crippen LogP contribution in [-0.4, -0.2) is 25.9 Å². The molecule has 0 radical (unpaired) electrons. The molecule has 1 amide bonds. The zero-order valence-electron chi connectivity index (χ0n) is 11.7. The van der Waals surface area contributed by atoms with Crippen molar-refractivity contribution in [3.05, 3.63) is 28.7 Å². The third-order valence-corrected chi connectivity index (χ3v) is 3.13. The SMILES string of the molecule is CCCc1cc(NC(=O)c2c(C)nn(C)c2C)n[nH]1. The molecule has 2 aromatic heterocycles. The lowest BCUT2D eigenvalue weighted by Crippen LogP contribution is -2.14. The van der Waals surface area contributed by atoms with E-state index < -0.39 is 0 Å². The number of carbonyl (C=O) groups excluding carboxylic acids is 1. The summed E-state index contributed by atoms with van der Waals surface area (Å²) < 4.78 is 1.71. The van der Waals surface area contributed by atoms with Crippen molar-refractivity contribution < 1.29 is 4.79 Å². The smallest absolute Gasteiger partial charge is 0.260 e. The van der Waals surface area contributed by atoms with Crippen molar-refractivity contribution in [2.24, 2.45) is 7.05 Å². The van der Waals surface area contributed by atoms with Crippen LogP contribution in [0.4, 0.5) is 5.82 Å². The molecule has 102 valence electrons. The molecule has 2 N–H and O–H groups in total. The minimum absolute atomic E-state index is 0.169. The quantitative estimate of drug-likeness (QED) is 0.883. The van der Waals surface area contributed by atoms with E-state index in [1.54, 1.807) is 4.68 Å². The zero-order chi connectivity index (χ0) is 14.0. The number of amides is 1. The number of H-pyrrole nitrogens is 1. The van der Waals surface area contributed by atoms with Crippen LogP contribution in [0.2, 0.25) is 0 Å². The summed E-state index contributed by atoms with van der Waals surface area (Å²) in [5, 5.41) is 14.0. The average molecular weight is 261 g/mol. The first-order valence-electron chi connectivity index (χ1n) is 6.38. The van der Waals surface area contributed by atoms with Crippen LogP contribution in [0.15, 0.2) is 6.07 Å². The molecule has 2 heterocycles. The number of carbonyl (C=O) groups is 1. The minimum Gasteiger partial charge on any atom is -0.305 e. The Balaban J connectivity index is 2.16. The van der Waals surface area contributed by atoms with E-state index in [1.807, 2.05) is 27.0 Å². The molecule has 0 spiro atoms. The predicted molar refractivity (Wildman–Crippen MR) is 73.2 cm³/mol. The lowest BCUT2D eigenvalue weighted by molar-refractivity contribution is 0.102. The van der Waals surface area contributed by atoms with Gasteiger partial charge in [0, 0.05) is 24.5 Å². The Morgan fingerprint density at radius 2 is 2.21 bits per heavy atom. The molecule has 0 aliphatic heterocycles. The molecule has 0 aliphatic rings. The van der Waals surface area contributed by atoms with Crippen molar-refractivity contribution >= 4 is 11.7 Å². The fourth-order valence-corrected chi connectivity index (χ4v) is 2.10. The fraction of sp³-hybridized carbons (Fsp3) is 0.462. The minimum atomic E-state index is -0.169. The first-order valence-corrected chi connectivity index (χ1v) is 6.38. The van der Waals surface area contributed by atoms with Crippen LogP contribution in [0, 0.1) is 13.8 Å². The zero-order valence-corrected chi connectivity index (χ0v) is 11.7. The van der Waals surface area contributed by atoms with Crippen molar-refractivity contribution in [1.82, 2.24) is 20.0 Å². The maximum Gasteiger partial charge on any atom is 0.260 e. The summed E-state index contributed by atoms with van der Waals surface area (Å²) in [4.78, 5) is 12.2. The van der Waals surface area contributed by atoms with Crippen LogP contribution in [0.5, 0.6) is 0 Å². The normalized spacial score (nSPS) is 10.7. The van der Waals surface area contributed by atoms with Gasteiger partial charge in [0.1, 0.15) is 0 Å². The van der Waals surface area contributed by atoms with E-state index in [1.165, 1.54) is 0 Å². The van der Waals surface area contributed by atoms with Crippen molar-refractivity contribution in [2.75, 3.05) is 5.32 Å². The molecule has 6 heteroatoms. The highest BCUT2D eigenvalue weighted by Crippen LogP contribution is 2.15. The maximum atomic E-state index is 12.2. The number of hydrogen-bond acceptors (Lipinski definition) is 3. The lowest BCUT2D eigenvalue weighted by atomic mass is 10.2. The van der Waals surface area contributed by atoms with Crippen molar-refractivity contribution in [2.45, 2.75) is 33.6 Å². The molecule has 0 aromatic carbocycles. The van der Waals surface area contributed by atoms with E-state index in [9.17, 15) is 4.79 Å². The monoisotopic (exact) mass is 261 g/mol. The van der Waals surface area contributed by atoms with Crippen molar-refractivity contribution in [3.63, 3.8) is 0 Å². The lowest BCUT2D eigenvalue weighted by Gasteiger charge is -2.02. The molecule has 0 bridgehead atoms. The Hall–Kier alpha value is -2.11. The number of nitrogens with zero attached hydrogens (tertiary/aromatic N) is 3. The van der Waals surface area contributed by atoms with Gasteiger partial charge in [0.05, 0.1) is 11.3 Å². The summed E-state index contributed by atoms with van der Waals surface area (Å²) in [6.45, 7) is 5.80. The van der Waals surface area contributed by atoms with Crippen LogP contribution >= 0.6 is 0 Å². The summed E-state index contributed by atoms with van der Waals surface area (Å²) in [5.74, 6) is 0.383. The summed E-state index contributed by atoms with van der Waals surface area (Å²) in [5.41, 5.74) is 3.21. The Morgan fingerprint density at radius 1 is 1.47 bits per heavy atom. The topological polar surface area (TPSA) is 75.6 Å². The number of rotatable bonds is 4. The van der Waals surface area contributed by atoms with Gasteiger partial charge >= 0.3 is 0 Å².